The molecular weight excluding hydrogens is 332 g/mol. The summed E-state index contributed by atoms with van der Waals surface area (Å²) in [4.78, 5) is 11.9. The number of carbonyl (C=O) groups excluding carboxylic acids is 1. The molecule has 0 aromatic rings. The molecule has 0 saturated carbocycles. The molecule has 0 aromatic heterocycles. The summed E-state index contributed by atoms with van der Waals surface area (Å²) in [6, 6.07) is 0. The second-order valence-corrected chi connectivity index (χ2v) is 4.44. The molecule has 1 aliphatic carbocycles. The first-order valence-corrected chi connectivity index (χ1v) is 5.58. The lowest BCUT2D eigenvalue weighted by Gasteiger charge is -2.32. The maximum absolute atomic E-state index is 11.9. The molecule has 0 N–H and O–H groups in total. The SMILES string of the molecule is COC1=C(Br)C=C(Br)C(=O)C1(OC)OC. The Bertz CT molecular complexity index is 342. The van der Waals surface area contributed by atoms with Gasteiger partial charge in [-0.1, -0.05) is 0 Å². The van der Waals surface area contributed by atoms with Gasteiger partial charge in [0.15, 0.2) is 5.76 Å². The largest absolute Gasteiger partial charge is 0.494 e. The fourth-order valence-corrected chi connectivity index (χ4v) is 2.79. The Morgan fingerprint density at radius 1 is 1.20 bits per heavy atom. The molecule has 0 fully saturated rings. The predicted molar refractivity (Wildman–Crippen MR) is 61.7 cm³/mol. The van der Waals surface area contributed by atoms with E-state index in [0.717, 1.165) is 0 Å². The highest BCUT2D eigenvalue weighted by atomic mass is 79.9. The molecule has 0 aromatic carbocycles. The molecule has 84 valence electrons. The molecule has 0 aliphatic heterocycles. The maximum Gasteiger partial charge on any atom is 0.295 e. The van der Waals surface area contributed by atoms with E-state index in [2.05, 4.69) is 31.9 Å². The van der Waals surface area contributed by atoms with Gasteiger partial charge in [0.2, 0.25) is 5.78 Å². The molecule has 0 spiro atoms. The molecule has 4 nitrogen and oxygen atoms in total. The lowest BCUT2D eigenvalue weighted by atomic mass is 10.0. The summed E-state index contributed by atoms with van der Waals surface area (Å²) in [5.74, 6) is -1.56. The van der Waals surface area contributed by atoms with Crippen molar-refractivity contribution in [2.24, 2.45) is 0 Å². The van der Waals surface area contributed by atoms with E-state index in [9.17, 15) is 4.79 Å². The van der Waals surface area contributed by atoms with Crippen molar-refractivity contribution in [3.8, 4) is 0 Å². The molecule has 0 saturated heterocycles. The Kier molecular flexibility index (Phi) is 4.11. The highest BCUT2D eigenvalue weighted by molar-refractivity contribution is 9.12. The maximum atomic E-state index is 11.9. The summed E-state index contributed by atoms with van der Waals surface area (Å²) in [6.45, 7) is 0. The van der Waals surface area contributed by atoms with Crippen molar-refractivity contribution >= 4 is 37.6 Å². The summed E-state index contributed by atoms with van der Waals surface area (Å²) in [5, 5.41) is 0. The topological polar surface area (TPSA) is 44.8 Å². The number of Topliss-reactive ketones (excluding diaryl/α,β-unsaturated/α-hetero) is 1. The summed E-state index contributed by atoms with van der Waals surface area (Å²) in [6.07, 6.45) is 1.59. The van der Waals surface area contributed by atoms with E-state index in [-0.39, 0.29) is 5.78 Å². The summed E-state index contributed by atoms with van der Waals surface area (Å²) in [7, 11) is 4.21. The zero-order valence-electron chi connectivity index (χ0n) is 8.47. The molecule has 0 radical (unpaired) electrons. The van der Waals surface area contributed by atoms with Crippen LogP contribution in [0.25, 0.3) is 0 Å². The number of ether oxygens (including phenoxy) is 3. The Morgan fingerprint density at radius 3 is 2.13 bits per heavy atom. The first-order chi connectivity index (χ1) is 7.03. The number of hydrogen-bond donors (Lipinski definition) is 0. The van der Waals surface area contributed by atoms with Crippen LogP contribution >= 0.6 is 31.9 Å². The second kappa shape index (κ2) is 4.78. The average molecular weight is 342 g/mol. The minimum absolute atomic E-state index is 0.292. The smallest absolute Gasteiger partial charge is 0.295 e. The van der Waals surface area contributed by atoms with Gasteiger partial charge < -0.3 is 14.2 Å². The molecule has 1 aliphatic rings. The zero-order valence-corrected chi connectivity index (χ0v) is 11.6. The van der Waals surface area contributed by atoms with Gasteiger partial charge >= 0.3 is 0 Å². The zero-order chi connectivity index (χ0) is 11.6. The van der Waals surface area contributed by atoms with Crippen LogP contribution in [0, 0.1) is 0 Å². The van der Waals surface area contributed by atoms with Gasteiger partial charge in [0.1, 0.15) is 0 Å². The van der Waals surface area contributed by atoms with Crippen molar-refractivity contribution in [3.63, 3.8) is 0 Å². The third-order valence-corrected chi connectivity index (χ3v) is 3.24. The summed E-state index contributed by atoms with van der Waals surface area (Å²) >= 11 is 6.42. The number of halogens is 2. The number of rotatable bonds is 3. The van der Waals surface area contributed by atoms with Crippen molar-refractivity contribution in [1.29, 1.82) is 0 Å². The molecule has 0 atom stereocenters. The van der Waals surface area contributed by atoms with Gasteiger partial charge in [0, 0.05) is 14.2 Å². The van der Waals surface area contributed by atoms with Crippen LogP contribution in [-0.4, -0.2) is 32.9 Å². The van der Waals surface area contributed by atoms with Crippen LogP contribution in [-0.2, 0) is 19.0 Å². The van der Waals surface area contributed by atoms with E-state index in [1.165, 1.54) is 21.3 Å². The number of hydrogen-bond acceptors (Lipinski definition) is 4. The molecule has 1 rings (SSSR count). The van der Waals surface area contributed by atoms with Crippen LogP contribution in [0.2, 0.25) is 0 Å². The molecule has 0 unspecified atom stereocenters. The van der Waals surface area contributed by atoms with E-state index < -0.39 is 5.79 Å². The van der Waals surface area contributed by atoms with E-state index >= 15 is 0 Å². The number of carbonyl (C=O) groups is 1. The Labute approximate surface area is 105 Å². The number of methoxy groups -OCH3 is 3. The van der Waals surface area contributed by atoms with Gasteiger partial charge in [-0.15, -0.1) is 0 Å². The molecular formula is C9H10Br2O4. The predicted octanol–water partition coefficient (Wildman–Crippen LogP) is 2.09. The van der Waals surface area contributed by atoms with Gasteiger partial charge in [-0.3, -0.25) is 4.79 Å². The summed E-state index contributed by atoms with van der Waals surface area (Å²) in [5.41, 5.74) is 0. The van der Waals surface area contributed by atoms with Crippen LogP contribution in [0.5, 0.6) is 0 Å². The number of allylic oxidation sites excluding steroid dienone is 2. The average Bonchev–Trinajstić information content (AvgIpc) is 2.23. The first-order valence-electron chi connectivity index (χ1n) is 4.00. The monoisotopic (exact) mass is 340 g/mol. The fraction of sp³-hybridized carbons (Fsp3) is 0.444. The number of ketones is 1. The van der Waals surface area contributed by atoms with Crippen molar-refractivity contribution in [2.75, 3.05) is 21.3 Å². The van der Waals surface area contributed by atoms with E-state index in [1.807, 2.05) is 0 Å². The Balaban J connectivity index is 3.37. The third kappa shape index (κ3) is 1.91. The Morgan fingerprint density at radius 2 is 1.73 bits per heavy atom. The minimum atomic E-state index is -1.51. The molecule has 15 heavy (non-hydrogen) atoms. The van der Waals surface area contributed by atoms with Crippen molar-refractivity contribution < 1.29 is 19.0 Å². The van der Waals surface area contributed by atoms with Crippen molar-refractivity contribution in [3.05, 3.63) is 20.8 Å². The van der Waals surface area contributed by atoms with E-state index in [1.54, 1.807) is 6.08 Å². The highest BCUT2D eigenvalue weighted by Crippen LogP contribution is 2.38. The van der Waals surface area contributed by atoms with Gasteiger partial charge in [0.25, 0.3) is 5.79 Å². The van der Waals surface area contributed by atoms with E-state index in [4.69, 9.17) is 14.2 Å². The van der Waals surface area contributed by atoms with E-state index in [0.29, 0.717) is 14.7 Å². The van der Waals surface area contributed by atoms with Gasteiger partial charge in [-0.2, -0.15) is 0 Å². The van der Waals surface area contributed by atoms with Crippen LogP contribution < -0.4 is 0 Å². The van der Waals surface area contributed by atoms with Crippen LogP contribution in [0.15, 0.2) is 20.8 Å². The van der Waals surface area contributed by atoms with Crippen molar-refractivity contribution in [2.45, 2.75) is 5.79 Å². The molecule has 0 heterocycles. The van der Waals surface area contributed by atoms with Crippen LogP contribution in [0.4, 0.5) is 0 Å². The quantitative estimate of drug-likeness (QED) is 0.737. The standard InChI is InChI=1S/C9H10Br2O4/c1-13-8-6(11)4-5(10)7(12)9(8,14-2)15-3/h4H,1-3H3. The minimum Gasteiger partial charge on any atom is -0.494 e. The van der Waals surface area contributed by atoms with Crippen LogP contribution in [0.1, 0.15) is 0 Å². The lowest BCUT2D eigenvalue weighted by Crippen LogP contribution is -2.47. The van der Waals surface area contributed by atoms with Crippen molar-refractivity contribution in [1.82, 2.24) is 0 Å². The normalized spacial score (nSPS) is 20.3. The molecule has 0 bridgehead atoms. The lowest BCUT2D eigenvalue weighted by molar-refractivity contribution is -0.199. The van der Waals surface area contributed by atoms with Gasteiger partial charge in [0.05, 0.1) is 16.1 Å². The fourth-order valence-electron chi connectivity index (χ4n) is 1.35. The second-order valence-electron chi connectivity index (χ2n) is 2.73. The molecule has 0 amide bonds. The van der Waals surface area contributed by atoms with Gasteiger partial charge in [-0.25, -0.2) is 0 Å². The highest BCUT2D eigenvalue weighted by Gasteiger charge is 2.49. The van der Waals surface area contributed by atoms with Gasteiger partial charge in [-0.05, 0) is 37.9 Å². The first kappa shape index (κ1) is 12.9. The Hall–Kier alpha value is -0.170. The molecule has 6 heteroatoms. The third-order valence-electron chi connectivity index (χ3n) is 2.06. The summed E-state index contributed by atoms with van der Waals surface area (Å²) < 4.78 is 16.3. The van der Waals surface area contributed by atoms with Crippen LogP contribution in [0.3, 0.4) is 0 Å².